The van der Waals surface area contributed by atoms with Crippen LogP contribution in [0.2, 0.25) is 0 Å². The first-order chi connectivity index (χ1) is 8.41. The van der Waals surface area contributed by atoms with Gasteiger partial charge in [-0.3, -0.25) is 0 Å². The third kappa shape index (κ3) is 15.1. The second kappa shape index (κ2) is 15.1. The molecule has 0 radical (unpaired) electrons. The summed E-state index contributed by atoms with van der Waals surface area (Å²) < 4.78 is 0. The van der Waals surface area contributed by atoms with E-state index >= 15 is 0 Å². The molecule has 0 saturated carbocycles. The van der Waals surface area contributed by atoms with Gasteiger partial charge in [-0.1, -0.05) is 50.5 Å². The third-order valence-corrected chi connectivity index (χ3v) is 2.75. The van der Waals surface area contributed by atoms with Crippen molar-refractivity contribution in [3.05, 3.63) is 24.3 Å². The van der Waals surface area contributed by atoms with Gasteiger partial charge in [0.1, 0.15) is 6.29 Å². The summed E-state index contributed by atoms with van der Waals surface area (Å²) >= 11 is 0. The van der Waals surface area contributed by atoms with E-state index in [1.165, 1.54) is 44.9 Å². The monoisotopic (exact) mass is 236 g/mol. The number of hydrogen-bond donors (Lipinski definition) is 0. The molecule has 0 heterocycles. The molecule has 0 aliphatic heterocycles. The Morgan fingerprint density at radius 1 is 0.647 bits per heavy atom. The van der Waals surface area contributed by atoms with Gasteiger partial charge in [-0.05, 0) is 38.5 Å². The van der Waals surface area contributed by atoms with Crippen molar-refractivity contribution in [1.29, 1.82) is 0 Å². The molecule has 0 aromatic rings. The molecule has 0 spiro atoms. The van der Waals surface area contributed by atoms with Gasteiger partial charge in [0.05, 0.1) is 0 Å². The summed E-state index contributed by atoms with van der Waals surface area (Å²) in [5.41, 5.74) is 0. The Morgan fingerprint density at radius 3 is 1.76 bits per heavy atom. The normalized spacial score (nSPS) is 11.6. The van der Waals surface area contributed by atoms with Crippen molar-refractivity contribution < 1.29 is 4.79 Å². The smallest absolute Gasteiger partial charge is 0.119 e. The minimum atomic E-state index is 0.728. The molecule has 0 aromatic carbocycles. The van der Waals surface area contributed by atoms with Crippen LogP contribution in [0.25, 0.3) is 0 Å². The van der Waals surface area contributed by atoms with Crippen molar-refractivity contribution in [2.75, 3.05) is 0 Å². The summed E-state index contributed by atoms with van der Waals surface area (Å²) in [5.74, 6) is 0. The van der Waals surface area contributed by atoms with Crippen molar-refractivity contribution in [3.63, 3.8) is 0 Å². The third-order valence-electron chi connectivity index (χ3n) is 2.75. The highest BCUT2D eigenvalue weighted by Crippen LogP contribution is 2.04. The van der Waals surface area contributed by atoms with Crippen LogP contribution in [0.3, 0.4) is 0 Å². The average molecular weight is 236 g/mol. The first kappa shape index (κ1) is 16.1. The molecule has 0 aromatic heterocycles. The van der Waals surface area contributed by atoms with E-state index < -0.39 is 0 Å². The van der Waals surface area contributed by atoms with Crippen molar-refractivity contribution >= 4 is 6.29 Å². The SMILES string of the molecule is CCCC/C=C\CC/C=C\CCCCCC=O. The highest BCUT2D eigenvalue weighted by Gasteiger charge is 1.86. The van der Waals surface area contributed by atoms with Crippen molar-refractivity contribution in [3.8, 4) is 0 Å². The fraction of sp³-hybridized carbons (Fsp3) is 0.688. The van der Waals surface area contributed by atoms with Crippen molar-refractivity contribution in [2.45, 2.75) is 71.1 Å². The molecule has 0 bridgehead atoms. The Balaban J connectivity index is 3.14. The average Bonchev–Trinajstić information content (AvgIpc) is 2.35. The van der Waals surface area contributed by atoms with Crippen LogP contribution in [0, 0.1) is 0 Å². The second-order valence-electron chi connectivity index (χ2n) is 4.47. The Bertz CT molecular complexity index is 204. The minimum absolute atomic E-state index is 0.728. The van der Waals surface area contributed by atoms with E-state index in [0.29, 0.717) is 0 Å². The van der Waals surface area contributed by atoms with Crippen LogP contribution < -0.4 is 0 Å². The van der Waals surface area contributed by atoms with Gasteiger partial charge in [-0.15, -0.1) is 0 Å². The number of hydrogen-bond acceptors (Lipinski definition) is 1. The minimum Gasteiger partial charge on any atom is -0.303 e. The molecule has 0 N–H and O–H groups in total. The molecule has 0 rings (SSSR count). The van der Waals surface area contributed by atoms with Gasteiger partial charge in [-0.25, -0.2) is 0 Å². The van der Waals surface area contributed by atoms with Crippen LogP contribution in [-0.2, 0) is 4.79 Å². The molecule has 17 heavy (non-hydrogen) atoms. The van der Waals surface area contributed by atoms with E-state index in [4.69, 9.17) is 0 Å². The van der Waals surface area contributed by atoms with Gasteiger partial charge in [0.15, 0.2) is 0 Å². The van der Waals surface area contributed by atoms with Crippen LogP contribution in [0.5, 0.6) is 0 Å². The molecule has 0 saturated heterocycles. The van der Waals surface area contributed by atoms with Crippen LogP contribution in [0.4, 0.5) is 0 Å². The molecular formula is C16H28O. The molecule has 0 atom stereocenters. The molecule has 1 nitrogen and oxygen atoms in total. The van der Waals surface area contributed by atoms with E-state index in [1.54, 1.807) is 0 Å². The zero-order valence-electron chi connectivity index (χ0n) is 11.4. The lowest BCUT2D eigenvalue weighted by molar-refractivity contribution is -0.107. The van der Waals surface area contributed by atoms with Gasteiger partial charge in [0.25, 0.3) is 0 Å². The zero-order valence-corrected chi connectivity index (χ0v) is 11.4. The van der Waals surface area contributed by atoms with Crippen LogP contribution in [-0.4, -0.2) is 6.29 Å². The molecule has 0 aliphatic carbocycles. The van der Waals surface area contributed by atoms with E-state index in [-0.39, 0.29) is 0 Å². The Morgan fingerprint density at radius 2 is 1.18 bits per heavy atom. The Kier molecular flexibility index (Phi) is 14.4. The maximum Gasteiger partial charge on any atom is 0.119 e. The summed E-state index contributed by atoms with van der Waals surface area (Å²) in [6.45, 7) is 2.23. The van der Waals surface area contributed by atoms with Gasteiger partial charge < -0.3 is 4.79 Å². The number of aldehydes is 1. The summed E-state index contributed by atoms with van der Waals surface area (Å²) in [4.78, 5) is 10.1. The summed E-state index contributed by atoms with van der Waals surface area (Å²) in [6.07, 6.45) is 21.7. The molecule has 0 fully saturated rings. The lowest BCUT2D eigenvalue weighted by Gasteiger charge is -1.93. The van der Waals surface area contributed by atoms with Crippen molar-refractivity contribution in [2.24, 2.45) is 0 Å². The topological polar surface area (TPSA) is 17.1 Å². The summed E-state index contributed by atoms with van der Waals surface area (Å²) in [7, 11) is 0. The zero-order chi connectivity index (χ0) is 12.6. The standard InChI is InChI=1S/C16H28O/c1-2-3-4-5-6-7-8-9-10-11-12-13-14-15-16-17/h5-6,9-10,16H,2-4,7-8,11-15H2,1H3/b6-5-,10-9-. The van der Waals surface area contributed by atoms with Gasteiger partial charge >= 0.3 is 0 Å². The summed E-state index contributed by atoms with van der Waals surface area (Å²) in [5, 5.41) is 0. The molecule has 1 heteroatoms. The maximum absolute atomic E-state index is 10.1. The quantitative estimate of drug-likeness (QED) is 0.258. The predicted octanol–water partition coefficient (Wildman–Crippen LogP) is 5.22. The van der Waals surface area contributed by atoms with Gasteiger partial charge in [0, 0.05) is 6.42 Å². The Hall–Kier alpha value is -0.850. The molecule has 0 aliphatic rings. The highest BCUT2D eigenvalue weighted by atomic mass is 16.1. The van der Waals surface area contributed by atoms with E-state index in [9.17, 15) is 4.79 Å². The largest absolute Gasteiger partial charge is 0.303 e. The van der Waals surface area contributed by atoms with E-state index in [0.717, 1.165) is 25.5 Å². The first-order valence-corrected chi connectivity index (χ1v) is 7.15. The lowest BCUT2D eigenvalue weighted by atomic mass is 10.1. The number of allylic oxidation sites excluding steroid dienone is 4. The fourth-order valence-electron chi connectivity index (χ4n) is 1.65. The number of rotatable bonds is 12. The van der Waals surface area contributed by atoms with Crippen LogP contribution in [0.15, 0.2) is 24.3 Å². The maximum atomic E-state index is 10.1. The van der Waals surface area contributed by atoms with Gasteiger partial charge in [-0.2, -0.15) is 0 Å². The van der Waals surface area contributed by atoms with E-state index in [2.05, 4.69) is 31.2 Å². The number of unbranched alkanes of at least 4 members (excludes halogenated alkanes) is 7. The van der Waals surface area contributed by atoms with Crippen molar-refractivity contribution in [1.82, 2.24) is 0 Å². The lowest BCUT2D eigenvalue weighted by Crippen LogP contribution is -1.77. The van der Waals surface area contributed by atoms with E-state index in [1.807, 2.05) is 0 Å². The highest BCUT2D eigenvalue weighted by molar-refractivity contribution is 5.48. The second-order valence-corrected chi connectivity index (χ2v) is 4.47. The molecule has 0 amide bonds. The predicted molar refractivity (Wildman–Crippen MR) is 76.2 cm³/mol. The first-order valence-electron chi connectivity index (χ1n) is 7.15. The number of carbonyl (C=O) groups excluding carboxylic acids is 1. The van der Waals surface area contributed by atoms with Crippen LogP contribution in [0.1, 0.15) is 71.1 Å². The molecule has 0 unspecified atom stereocenters. The fourth-order valence-corrected chi connectivity index (χ4v) is 1.65. The summed E-state index contributed by atoms with van der Waals surface area (Å²) in [6, 6.07) is 0. The Labute approximate surface area is 107 Å². The molecule has 98 valence electrons. The molecular weight excluding hydrogens is 208 g/mol. The van der Waals surface area contributed by atoms with Crippen LogP contribution >= 0.6 is 0 Å². The van der Waals surface area contributed by atoms with Gasteiger partial charge in [0.2, 0.25) is 0 Å². The number of carbonyl (C=O) groups is 1.